The fraction of sp³-hybridized carbons (Fsp3) is 0.158. The number of fused-ring (bicyclic) bond motifs is 1. The van der Waals surface area contributed by atoms with Crippen molar-refractivity contribution < 1.29 is 9.18 Å². The molecule has 0 saturated heterocycles. The molecule has 0 spiro atoms. The molecule has 126 valence electrons. The van der Waals surface area contributed by atoms with Gasteiger partial charge in [-0.15, -0.1) is 11.3 Å². The summed E-state index contributed by atoms with van der Waals surface area (Å²) in [5.74, 6) is -0.457. The number of carbonyl (C=O) groups is 1. The molecule has 25 heavy (non-hydrogen) atoms. The van der Waals surface area contributed by atoms with Crippen LogP contribution in [0.4, 0.5) is 15.2 Å². The van der Waals surface area contributed by atoms with Gasteiger partial charge in [0.25, 0.3) is 5.91 Å². The molecular formula is C19H16FN3OS. The van der Waals surface area contributed by atoms with E-state index in [0.29, 0.717) is 17.2 Å². The van der Waals surface area contributed by atoms with Crippen LogP contribution in [-0.4, -0.2) is 17.4 Å². The van der Waals surface area contributed by atoms with Crippen LogP contribution in [0, 0.1) is 12.7 Å². The minimum Gasteiger partial charge on any atom is -0.375 e. The molecule has 2 heterocycles. The SMILES string of the molecule is Cc1sc(N)nc1-c1ccc2c(c1)CCN2C(=O)c1ccc(F)cc1. The van der Waals surface area contributed by atoms with Crippen LogP contribution < -0.4 is 10.6 Å². The van der Waals surface area contributed by atoms with Crippen molar-refractivity contribution >= 4 is 28.1 Å². The molecule has 0 unspecified atom stereocenters. The van der Waals surface area contributed by atoms with Crippen molar-refractivity contribution in [2.24, 2.45) is 0 Å². The fourth-order valence-electron chi connectivity index (χ4n) is 3.19. The van der Waals surface area contributed by atoms with Gasteiger partial charge in [0, 0.05) is 28.2 Å². The molecule has 1 aliphatic heterocycles. The zero-order valence-electron chi connectivity index (χ0n) is 13.6. The molecular weight excluding hydrogens is 337 g/mol. The van der Waals surface area contributed by atoms with Crippen molar-refractivity contribution in [2.45, 2.75) is 13.3 Å². The average Bonchev–Trinajstić information content (AvgIpc) is 3.17. The second-order valence-electron chi connectivity index (χ2n) is 6.01. The summed E-state index contributed by atoms with van der Waals surface area (Å²) in [6.45, 7) is 2.62. The lowest BCUT2D eigenvalue weighted by Gasteiger charge is -2.17. The Balaban J connectivity index is 1.66. The minimum atomic E-state index is -0.346. The van der Waals surface area contributed by atoms with E-state index < -0.39 is 0 Å². The van der Waals surface area contributed by atoms with Crippen molar-refractivity contribution in [1.82, 2.24) is 4.98 Å². The van der Waals surface area contributed by atoms with Crippen molar-refractivity contribution in [3.05, 3.63) is 64.3 Å². The van der Waals surface area contributed by atoms with Gasteiger partial charge in [0.15, 0.2) is 5.13 Å². The largest absolute Gasteiger partial charge is 0.375 e. The minimum absolute atomic E-state index is 0.111. The lowest BCUT2D eigenvalue weighted by molar-refractivity contribution is 0.0989. The van der Waals surface area contributed by atoms with Crippen molar-refractivity contribution in [2.75, 3.05) is 17.2 Å². The monoisotopic (exact) mass is 353 g/mol. The molecule has 1 aliphatic rings. The summed E-state index contributed by atoms with van der Waals surface area (Å²) in [5, 5.41) is 0.557. The van der Waals surface area contributed by atoms with Crippen molar-refractivity contribution in [1.29, 1.82) is 0 Å². The number of anilines is 2. The summed E-state index contributed by atoms with van der Waals surface area (Å²) in [4.78, 5) is 19.9. The molecule has 1 aromatic heterocycles. The Hall–Kier alpha value is -2.73. The van der Waals surface area contributed by atoms with E-state index in [4.69, 9.17) is 5.73 Å². The normalized spacial score (nSPS) is 13.1. The maximum Gasteiger partial charge on any atom is 0.258 e. The summed E-state index contributed by atoms with van der Waals surface area (Å²) >= 11 is 1.47. The summed E-state index contributed by atoms with van der Waals surface area (Å²) in [5.41, 5.74) is 10.2. The molecule has 0 aliphatic carbocycles. The van der Waals surface area contributed by atoms with Gasteiger partial charge in [0.2, 0.25) is 0 Å². The predicted octanol–water partition coefficient (Wildman–Crippen LogP) is 4.04. The van der Waals surface area contributed by atoms with E-state index in [9.17, 15) is 9.18 Å². The Bertz CT molecular complexity index is 965. The molecule has 3 aromatic rings. The quantitative estimate of drug-likeness (QED) is 0.756. The van der Waals surface area contributed by atoms with Gasteiger partial charge in [-0.1, -0.05) is 6.07 Å². The number of amides is 1. The highest BCUT2D eigenvalue weighted by molar-refractivity contribution is 7.15. The molecule has 4 rings (SSSR count). The van der Waals surface area contributed by atoms with Crippen LogP contribution in [0.25, 0.3) is 11.3 Å². The van der Waals surface area contributed by atoms with E-state index in [-0.39, 0.29) is 11.7 Å². The first-order valence-corrected chi connectivity index (χ1v) is 8.78. The highest BCUT2D eigenvalue weighted by atomic mass is 32.1. The molecule has 2 aromatic carbocycles. The van der Waals surface area contributed by atoms with Crippen LogP contribution in [0.2, 0.25) is 0 Å². The van der Waals surface area contributed by atoms with Gasteiger partial charge in [-0.05, 0) is 55.3 Å². The zero-order chi connectivity index (χ0) is 17.6. The van der Waals surface area contributed by atoms with Crippen molar-refractivity contribution in [3.63, 3.8) is 0 Å². The molecule has 0 saturated carbocycles. The highest BCUT2D eigenvalue weighted by Gasteiger charge is 2.26. The average molecular weight is 353 g/mol. The molecule has 6 heteroatoms. The van der Waals surface area contributed by atoms with Crippen LogP contribution >= 0.6 is 11.3 Å². The van der Waals surface area contributed by atoms with Crippen LogP contribution in [-0.2, 0) is 6.42 Å². The van der Waals surface area contributed by atoms with Gasteiger partial charge in [-0.2, -0.15) is 0 Å². The third-order valence-corrected chi connectivity index (χ3v) is 5.20. The fourth-order valence-corrected chi connectivity index (χ4v) is 3.90. The van der Waals surface area contributed by atoms with Crippen LogP contribution in [0.3, 0.4) is 0 Å². The number of nitrogen functional groups attached to an aromatic ring is 1. The second kappa shape index (κ2) is 5.97. The molecule has 0 bridgehead atoms. The Morgan fingerprint density at radius 1 is 1.24 bits per heavy atom. The van der Waals surface area contributed by atoms with Gasteiger partial charge < -0.3 is 10.6 Å². The van der Waals surface area contributed by atoms with E-state index in [1.807, 2.05) is 19.1 Å². The van der Waals surface area contributed by atoms with Crippen LogP contribution in [0.15, 0.2) is 42.5 Å². The van der Waals surface area contributed by atoms with Crippen LogP contribution in [0.1, 0.15) is 20.8 Å². The number of rotatable bonds is 2. The van der Waals surface area contributed by atoms with E-state index in [2.05, 4.69) is 11.1 Å². The first-order chi connectivity index (χ1) is 12.0. The van der Waals surface area contributed by atoms with Gasteiger partial charge >= 0.3 is 0 Å². The molecule has 0 fully saturated rings. The molecule has 2 N–H and O–H groups in total. The number of benzene rings is 2. The first-order valence-electron chi connectivity index (χ1n) is 7.96. The smallest absolute Gasteiger partial charge is 0.258 e. The summed E-state index contributed by atoms with van der Waals surface area (Å²) in [6.07, 6.45) is 0.786. The number of carbonyl (C=O) groups excluding carboxylic acids is 1. The topological polar surface area (TPSA) is 59.2 Å². The van der Waals surface area contributed by atoms with Crippen molar-refractivity contribution in [3.8, 4) is 11.3 Å². The standard InChI is InChI=1S/C19H16FN3OS/c1-11-17(22-19(21)25-11)14-4-7-16-13(10-14)8-9-23(16)18(24)12-2-5-15(20)6-3-12/h2-7,10H,8-9H2,1H3,(H2,21,22). The van der Waals surface area contributed by atoms with Crippen LogP contribution in [0.5, 0.6) is 0 Å². The first kappa shape index (κ1) is 15.8. The number of aromatic nitrogens is 1. The third kappa shape index (κ3) is 2.78. The molecule has 0 radical (unpaired) electrons. The Kier molecular flexibility index (Phi) is 3.77. The second-order valence-corrected chi connectivity index (χ2v) is 7.25. The number of thiazole rings is 1. The van der Waals surface area contributed by atoms with Gasteiger partial charge in [-0.3, -0.25) is 4.79 Å². The number of nitrogens with zero attached hydrogens (tertiary/aromatic N) is 2. The zero-order valence-corrected chi connectivity index (χ0v) is 14.4. The lowest BCUT2D eigenvalue weighted by atomic mass is 10.1. The predicted molar refractivity (Wildman–Crippen MR) is 98.5 cm³/mol. The summed E-state index contributed by atoms with van der Waals surface area (Å²) in [6, 6.07) is 11.7. The Morgan fingerprint density at radius 3 is 2.68 bits per heavy atom. The highest BCUT2D eigenvalue weighted by Crippen LogP contribution is 2.35. The number of halogens is 1. The van der Waals surface area contributed by atoms with Gasteiger partial charge in [-0.25, -0.2) is 9.37 Å². The Labute approximate surface area is 148 Å². The van der Waals surface area contributed by atoms with E-state index >= 15 is 0 Å². The maximum absolute atomic E-state index is 13.1. The number of nitrogens with two attached hydrogens (primary N) is 1. The number of hydrogen-bond acceptors (Lipinski definition) is 4. The van der Waals surface area contributed by atoms with E-state index in [0.717, 1.165) is 33.8 Å². The Morgan fingerprint density at radius 2 is 2.00 bits per heavy atom. The van der Waals surface area contributed by atoms with Gasteiger partial charge in [0.05, 0.1) is 5.69 Å². The number of hydrogen-bond donors (Lipinski definition) is 1. The maximum atomic E-state index is 13.1. The summed E-state index contributed by atoms with van der Waals surface area (Å²) in [7, 11) is 0. The number of aryl methyl sites for hydroxylation is 1. The lowest BCUT2D eigenvalue weighted by Crippen LogP contribution is -2.28. The van der Waals surface area contributed by atoms with E-state index in [1.54, 1.807) is 4.90 Å². The summed E-state index contributed by atoms with van der Waals surface area (Å²) < 4.78 is 13.1. The molecule has 4 nitrogen and oxygen atoms in total. The van der Waals surface area contributed by atoms with E-state index in [1.165, 1.54) is 35.6 Å². The van der Waals surface area contributed by atoms with Gasteiger partial charge in [0.1, 0.15) is 5.82 Å². The molecule has 0 atom stereocenters. The molecule has 1 amide bonds. The third-order valence-electron chi connectivity index (χ3n) is 4.40.